The van der Waals surface area contributed by atoms with Crippen LogP contribution in [0.1, 0.15) is 44.6 Å². The molecule has 1 fully saturated rings. The summed E-state index contributed by atoms with van der Waals surface area (Å²) in [6, 6.07) is 8.43. The van der Waals surface area contributed by atoms with E-state index in [9.17, 15) is 0 Å². The summed E-state index contributed by atoms with van der Waals surface area (Å²) >= 11 is 6.14. The molecule has 18 heavy (non-hydrogen) atoms. The Morgan fingerprint density at radius 1 is 1.33 bits per heavy atom. The number of benzene rings is 1. The molecule has 1 N–H and O–H groups in total. The van der Waals surface area contributed by atoms with E-state index >= 15 is 0 Å². The zero-order valence-electron chi connectivity index (χ0n) is 11.5. The third-order valence-corrected chi connectivity index (χ3v) is 4.70. The molecule has 1 heterocycles. The summed E-state index contributed by atoms with van der Waals surface area (Å²) in [6.45, 7) is 6.91. The van der Waals surface area contributed by atoms with E-state index in [1.165, 1.54) is 24.8 Å². The van der Waals surface area contributed by atoms with Gasteiger partial charge in [0.2, 0.25) is 0 Å². The second-order valence-corrected chi connectivity index (χ2v) is 5.83. The molecule has 0 radical (unpaired) electrons. The topological polar surface area (TPSA) is 12.0 Å². The van der Waals surface area contributed by atoms with Crippen LogP contribution in [0.4, 0.5) is 0 Å². The lowest BCUT2D eigenvalue weighted by Gasteiger charge is -2.37. The van der Waals surface area contributed by atoms with Crippen molar-refractivity contribution < 1.29 is 0 Å². The molecule has 2 rings (SSSR count). The quantitative estimate of drug-likeness (QED) is 0.847. The van der Waals surface area contributed by atoms with Crippen LogP contribution in [-0.4, -0.2) is 13.1 Å². The number of halogens is 1. The highest BCUT2D eigenvalue weighted by Gasteiger charge is 2.30. The van der Waals surface area contributed by atoms with Crippen molar-refractivity contribution in [1.29, 1.82) is 0 Å². The molecule has 2 heteroatoms. The molecule has 0 aliphatic carbocycles. The van der Waals surface area contributed by atoms with Crippen LogP contribution >= 0.6 is 11.6 Å². The zero-order valence-corrected chi connectivity index (χ0v) is 12.2. The third-order valence-electron chi connectivity index (χ3n) is 4.47. The van der Waals surface area contributed by atoms with E-state index in [1.807, 2.05) is 6.07 Å². The minimum atomic E-state index is 0.627. The van der Waals surface area contributed by atoms with Gasteiger partial charge in [-0.05, 0) is 48.4 Å². The van der Waals surface area contributed by atoms with Gasteiger partial charge in [-0.1, -0.05) is 50.4 Å². The Morgan fingerprint density at radius 3 is 2.78 bits per heavy atom. The number of piperidine rings is 1. The van der Waals surface area contributed by atoms with Crippen LogP contribution in [-0.2, 0) is 0 Å². The van der Waals surface area contributed by atoms with Gasteiger partial charge in [0, 0.05) is 11.6 Å². The summed E-state index contributed by atoms with van der Waals surface area (Å²) < 4.78 is 0. The van der Waals surface area contributed by atoms with E-state index in [2.05, 4.69) is 37.4 Å². The Balaban J connectivity index is 2.22. The summed E-state index contributed by atoms with van der Waals surface area (Å²) in [5, 5.41) is 4.41. The van der Waals surface area contributed by atoms with Gasteiger partial charge in [-0.2, -0.15) is 0 Å². The largest absolute Gasteiger partial charge is 0.316 e. The van der Waals surface area contributed by atoms with E-state index < -0.39 is 0 Å². The van der Waals surface area contributed by atoms with E-state index in [1.54, 1.807) is 0 Å². The van der Waals surface area contributed by atoms with E-state index in [0.717, 1.165) is 29.9 Å². The molecule has 1 aromatic carbocycles. The molecular weight excluding hydrogens is 242 g/mol. The molecule has 0 amide bonds. The van der Waals surface area contributed by atoms with Crippen LogP contribution in [0.5, 0.6) is 0 Å². The van der Waals surface area contributed by atoms with Gasteiger partial charge in [0.25, 0.3) is 0 Å². The maximum atomic E-state index is 6.14. The summed E-state index contributed by atoms with van der Waals surface area (Å²) in [6.07, 6.45) is 3.87. The molecule has 1 aromatic rings. The zero-order chi connectivity index (χ0) is 13.0. The number of hydrogen-bond donors (Lipinski definition) is 1. The Hall–Kier alpha value is -0.530. The summed E-state index contributed by atoms with van der Waals surface area (Å²) in [5.74, 6) is 2.28. The lowest BCUT2D eigenvalue weighted by atomic mass is 9.72. The number of nitrogens with one attached hydrogen (secondary N) is 1. The Morgan fingerprint density at radius 2 is 2.11 bits per heavy atom. The second-order valence-electron chi connectivity index (χ2n) is 5.39. The van der Waals surface area contributed by atoms with Crippen LogP contribution in [0, 0.1) is 11.8 Å². The normalized spacial score (nSPS) is 24.4. The lowest BCUT2D eigenvalue weighted by molar-refractivity contribution is 0.213. The minimum absolute atomic E-state index is 0.627. The SMILES string of the molecule is CCC(CC)C1CCNCC1c1cccc(Cl)c1. The molecule has 0 aromatic heterocycles. The van der Waals surface area contributed by atoms with Crippen LogP contribution in [0.3, 0.4) is 0 Å². The van der Waals surface area contributed by atoms with E-state index in [0.29, 0.717) is 5.92 Å². The van der Waals surface area contributed by atoms with Gasteiger partial charge in [-0.3, -0.25) is 0 Å². The fourth-order valence-electron chi connectivity index (χ4n) is 3.44. The maximum absolute atomic E-state index is 6.14. The lowest BCUT2D eigenvalue weighted by Crippen LogP contribution is -2.38. The van der Waals surface area contributed by atoms with Gasteiger partial charge in [0.15, 0.2) is 0 Å². The molecular formula is C16H24ClN. The first-order valence-corrected chi connectivity index (χ1v) is 7.60. The highest BCUT2D eigenvalue weighted by atomic mass is 35.5. The van der Waals surface area contributed by atoms with Gasteiger partial charge in [0.1, 0.15) is 0 Å². The molecule has 0 saturated carbocycles. The Kier molecular flexibility index (Phi) is 5.08. The third kappa shape index (κ3) is 3.07. The standard InChI is InChI=1S/C16H24ClN/c1-3-12(4-2)15-8-9-18-11-16(15)13-6-5-7-14(17)10-13/h5-7,10,12,15-16,18H,3-4,8-9,11H2,1-2H3. The van der Waals surface area contributed by atoms with Crippen molar-refractivity contribution in [2.24, 2.45) is 11.8 Å². The molecule has 1 aliphatic rings. The summed E-state index contributed by atoms with van der Waals surface area (Å²) in [7, 11) is 0. The molecule has 0 bridgehead atoms. The fourth-order valence-corrected chi connectivity index (χ4v) is 3.64. The highest BCUT2D eigenvalue weighted by Crippen LogP contribution is 2.38. The fraction of sp³-hybridized carbons (Fsp3) is 0.625. The van der Waals surface area contributed by atoms with Crippen molar-refractivity contribution in [3.63, 3.8) is 0 Å². The van der Waals surface area contributed by atoms with E-state index in [4.69, 9.17) is 11.6 Å². The average Bonchev–Trinajstić information content (AvgIpc) is 2.41. The monoisotopic (exact) mass is 265 g/mol. The van der Waals surface area contributed by atoms with Crippen molar-refractivity contribution in [2.45, 2.75) is 39.0 Å². The summed E-state index contributed by atoms with van der Waals surface area (Å²) in [4.78, 5) is 0. The molecule has 2 atom stereocenters. The maximum Gasteiger partial charge on any atom is 0.0408 e. The predicted molar refractivity (Wildman–Crippen MR) is 79.2 cm³/mol. The number of rotatable bonds is 4. The van der Waals surface area contributed by atoms with Crippen molar-refractivity contribution in [1.82, 2.24) is 5.32 Å². The molecule has 2 unspecified atom stereocenters. The summed E-state index contributed by atoms with van der Waals surface area (Å²) in [5.41, 5.74) is 1.41. The van der Waals surface area contributed by atoms with Gasteiger partial charge in [0.05, 0.1) is 0 Å². The first kappa shape index (κ1) is 13.9. The van der Waals surface area contributed by atoms with Gasteiger partial charge in [-0.25, -0.2) is 0 Å². The van der Waals surface area contributed by atoms with Crippen molar-refractivity contribution in [2.75, 3.05) is 13.1 Å². The Bertz CT molecular complexity index is 373. The van der Waals surface area contributed by atoms with Gasteiger partial charge < -0.3 is 5.32 Å². The molecule has 0 spiro atoms. The van der Waals surface area contributed by atoms with E-state index in [-0.39, 0.29) is 0 Å². The van der Waals surface area contributed by atoms with Crippen LogP contribution in [0.2, 0.25) is 5.02 Å². The Labute approximate surface area is 116 Å². The second kappa shape index (κ2) is 6.58. The minimum Gasteiger partial charge on any atom is -0.316 e. The average molecular weight is 266 g/mol. The molecule has 1 aliphatic heterocycles. The van der Waals surface area contributed by atoms with Gasteiger partial charge in [-0.15, -0.1) is 0 Å². The molecule has 100 valence electrons. The first-order chi connectivity index (χ1) is 8.76. The van der Waals surface area contributed by atoms with Crippen molar-refractivity contribution >= 4 is 11.6 Å². The van der Waals surface area contributed by atoms with Crippen LogP contribution in [0.25, 0.3) is 0 Å². The number of hydrogen-bond acceptors (Lipinski definition) is 1. The van der Waals surface area contributed by atoms with Crippen LogP contribution in [0.15, 0.2) is 24.3 Å². The highest BCUT2D eigenvalue weighted by molar-refractivity contribution is 6.30. The predicted octanol–water partition coefficient (Wildman–Crippen LogP) is 4.47. The van der Waals surface area contributed by atoms with Crippen molar-refractivity contribution in [3.8, 4) is 0 Å². The first-order valence-electron chi connectivity index (χ1n) is 7.22. The molecule has 1 saturated heterocycles. The van der Waals surface area contributed by atoms with Gasteiger partial charge >= 0.3 is 0 Å². The molecule has 1 nitrogen and oxygen atoms in total. The van der Waals surface area contributed by atoms with Crippen LogP contribution < -0.4 is 5.32 Å². The van der Waals surface area contributed by atoms with Crippen molar-refractivity contribution in [3.05, 3.63) is 34.9 Å². The smallest absolute Gasteiger partial charge is 0.0408 e.